The minimum absolute atomic E-state index is 0.371. The SMILES string of the molecule is CC1(OC(=O)C(=O)OC2(C)CC(C)(C)N(O)C(C)(C)C2)CC(C)(C)N(O)C(C)(C)C1. The second-order valence-corrected chi connectivity index (χ2v) is 12.3. The van der Waals surface area contributed by atoms with Gasteiger partial charge in [0.25, 0.3) is 0 Å². The summed E-state index contributed by atoms with van der Waals surface area (Å²) in [4.78, 5) is 25.4. The smallest absolute Gasteiger partial charge is 0.418 e. The van der Waals surface area contributed by atoms with Gasteiger partial charge in [-0.25, -0.2) is 9.59 Å². The normalized spacial score (nSPS) is 29.1. The molecule has 8 heteroatoms. The van der Waals surface area contributed by atoms with Crippen molar-refractivity contribution in [3.05, 3.63) is 0 Å². The summed E-state index contributed by atoms with van der Waals surface area (Å²) in [5, 5.41) is 23.6. The van der Waals surface area contributed by atoms with Gasteiger partial charge in [-0.2, -0.15) is 10.1 Å². The summed E-state index contributed by atoms with van der Waals surface area (Å²) in [5.41, 5.74) is -4.36. The van der Waals surface area contributed by atoms with E-state index in [1.165, 1.54) is 10.1 Å². The van der Waals surface area contributed by atoms with E-state index < -0.39 is 45.3 Å². The Morgan fingerprint density at radius 2 is 0.767 bits per heavy atom. The van der Waals surface area contributed by atoms with Crippen molar-refractivity contribution in [3.8, 4) is 0 Å². The van der Waals surface area contributed by atoms with Crippen molar-refractivity contribution in [2.75, 3.05) is 0 Å². The first kappa shape index (κ1) is 25.0. The molecule has 0 aromatic rings. The summed E-state index contributed by atoms with van der Waals surface area (Å²) in [5.74, 6) is -2.06. The Balaban J connectivity index is 2.14. The maximum absolute atomic E-state index is 12.7. The lowest BCUT2D eigenvalue weighted by Gasteiger charge is -2.55. The molecular formula is C22H40N2O6. The average Bonchev–Trinajstić information content (AvgIpc) is 2.47. The van der Waals surface area contributed by atoms with Gasteiger partial charge in [-0.1, -0.05) is 0 Å². The first-order valence-electron chi connectivity index (χ1n) is 10.6. The molecule has 0 atom stereocenters. The molecule has 2 fully saturated rings. The number of nitrogens with zero attached hydrogens (tertiary/aromatic N) is 2. The summed E-state index contributed by atoms with van der Waals surface area (Å²) in [7, 11) is 0. The third-order valence-electron chi connectivity index (χ3n) is 6.36. The molecule has 0 bridgehead atoms. The van der Waals surface area contributed by atoms with Gasteiger partial charge in [-0.3, -0.25) is 0 Å². The highest BCUT2D eigenvalue weighted by molar-refractivity contribution is 6.29. The number of esters is 2. The Morgan fingerprint density at radius 1 is 0.567 bits per heavy atom. The topological polar surface area (TPSA) is 99.5 Å². The predicted molar refractivity (Wildman–Crippen MR) is 111 cm³/mol. The average molecular weight is 429 g/mol. The van der Waals surface area contributed by atoms with E-state index >= 15 is 0 Å². The summed E-state index contributed by atoms with van der Waals surface area (Å²) < 4.78 is 11.3. The van der Waals surface area contributed by atoms with E-state index in [2.05, 4.69) is 0 Å². The van der Waals surface area contributed by atoms with Crippen molar-refractivity contribution >= 4 is 11.9 Å². The number of hydroxylamine groups is 4. The van der Waals surface area contributed by atoms with Crippen LogP contribution in [0.1, 0.15) is 94.9 Å². The largest absolute Gasteiger partial charge is 0.451 e. The maximum atomic E-state index is 12.7. The molecule has 2 aliphatic heterocycles. The fourth-order valence-corrected chi connectivity index (χ4v) is 6.40. The van der Waals surface area contributed by atoms with Gasteiger partial charge in [-0.05, 0) is 69.2 Å². The molecule has 0 aromatic heterocycles. The van der Waals surface area contributed by atoms with Crippen molar-refractivity contribution in [2.45, 2.75) is 128 Å². The van der Waals surface area contributed by atoms with Gasteiger partial charge in [0.15, 0.2) is 0 Å². The molecule has 0 radical (unpaired) electrons. The van der Waals surface area contributed by atoms with Crippen LogP contribution in [0.4, 0.5) is 0 Å². The van der Waals surface area contributed by atoms with E-state index in [0.717, 1.165) is 0 Å². The van der Waals surface area contributed by atoms with Crippen LogP contribution in [0.15, 0.2) is 0 Å². The molecule has 0 unspecified atom stereocenters. The molecule has 2 N–H and O–H groups in total. The van der Waals surface area contributed by atoms with Gasteiger partial charge < -0.3 is 19.9 Å². The second-order valence-electron chi connectivity index (χ2n) is 12.3. The molecule has 0 aliphatic carbocycles. The number of carbonyl (C=O) groups is 2. The lowest BCUT2D eigenvalue weighted by Crippen LogP contribution is -2.65. The third kappa shape index (κ3) is 4.82. The molecule has 2 rings (SSSR count). The fourth-order valence-electron chi connectivity index (χ4n) is 6.40. The highest BCUT2D eigenvalue weighted by Crippen LogP contribution is 2.45. The summed E-state index contributed by atoms with van der Waals surface area (Å²) in [6.07, 6.45) is 1.48. The van der Waals surface area contributed by atoms with Crippen LogP contribution in [0.25, 0.3) is 0 Å². The van der Waals surface area contributed by atoms with E-state index in [4.69, 9.17) is 9.47 Å². The number of hydrogen-bond donors (Lipinski definition) is 2. The molecular weight excluding hydrogens is 388 g/mol. The molecule has 174 valence electrons. The van der Waals surface area contributed by atoms with E-state index in [0.29, 0.717) is 25.7 Å². The van der Waals surface area contributed by atoms with Gasteiger partial charge in [0, 0.05) is 47.8 Å². The van der Waals surface area contributed by atoms with Crippen LogP contribution in [0.2, 0.25) is 0 Å². The highest BCUT2D eigenvalue weighted by atomic mass is 16.6. The van der Waals surface area contributed by atoms with Gasteiger partial charge >= 0.3 is 11.9 Å². The Morgan fingerprint density at radius 3 is 0.967 bits per heavy atom. The van der Waals surface area contributed by atoms with Gasteiger partial charge in [0.1, 0.15) is 11.2 Å². The van der Waals surface area contributed by atoms with E-state index in [-0.39, 0.29) is 0 Å². The van der Waals surface area contributed by atoms with Crippen molar-refractivity contribution in [3.63, 3.8) is 0 Å². The Kier molecular flexibility index (Phi) is 5.97. The van der Waals surface area contributed by atoms with Crippen molar-refractivity contribution in [2.24, 2.45) is 0 Å². The van der Waals surface area contributed by atoms with Crippen LogP contribution in [0.3, 0.4) is 0 Å². The van der Waals surface area contributed by atoms with Crippen LogP contribution in [0, 0.1) is 0 Å². The van der Waals surface area contributed by atoms with E-state index in [1.807, 2.05) is 55.4 Å². The molecule has 0 saturated carbocycles. The fraction of sp³-hybridized carbons (Fsp3) is 0.909. The van der Waals surface area contributed by atoms with E-state index in [9.17, 15) is 20.0 Å². The molecule has 0 amide bonds. The lowest BCUT2D eigenvalue weighted by atomic mass is 9.73. The summed E-state index contributed by atoms with van der Waals surface area (Å²) >= 11 is 0. The molecule has 2 aliphatic rings. The molecule has 0 spiro atoms. The molecule has 8 nitrogen and oxygen atoms in total. The minimum Gasteiger partial charge on any atom is -0.451 e. The standard InChI is InChI=1S/C22H40N2O6/c1-17(2)11-21(9,12-18(3,4)23(17)27)29-15(25)16(26)30-22(10)13-19(5,6)24(28)20(7,8)14-22/h27-28H,11-14H2,1-10H3. The molecule has 0 aromatic carbocycles. The van der Waals surface area contributed by atoms with Crippen LogP contribution < -0.4 is 0 Å². The minimum atomic E-state index is -1.03. The predicted octanol–water partition coefficient (Wildman–Crippen LogP) is 3.67. The van der Waals surface area contributed by atoms with Crippen LogP contribution >= 0.6 is 0 Å². The number of carbonyl (C=O) groups excluding carboxylic acids is 2. The summed E-state index contributed by atoms with van der Waals surface area (Å²) in [6, 6.07) is 0. The lowest BCUT2D eigenvalue weighted by molar-refractivity contribution is -0.280. The zero-order valence-corrected chi connectivity index (χ0v) is 20.3. The van der Waals surface area contributed by atoms with Crippen molar-refractivity contribution < 1.29 is 29.5 Å². The summed E-state index contributed by atoms with van der Waals surface area (Å²) in [6.45, 7) is 18.5. The van der Waals surface area contributed by atoms with Crippen molar-refractivity contribution in [1.82, 2.24) is 10.1 Å². The van der Waals surface area contributed by atoms with Crippen LogP contribution in [-0.4, -0.2) is 65.8 Å². The zero-order chi connectivity index (χ0) is 23.6. The maximum Gasteiger partial charge on any atom is 0.418 e. The Bertz CT molecular complexity index is 616. The quantitative estimate of drug-likeness (QED) is 0.508. The number of ether oxygens (including phenoxy) is 2. The monoisotopic (exact) mass is 428 g/mol. The third-order valence-corrected chi connectivity index (χ3v) is 6.36. The van der Waals surface area contributed by atoms with Gasteiger partial charge in [0.2, 0.25) is 0 Å². The van der Waals surface area contributed by atoms with Crippen molar-refractivity contribution in [1.29, 1.82) is 0 Å². The molecule has 2 saturated heterocycles. The number of rotatable bonds is 2. The first-order chi connectivity index (χ1) is 13.1. The molecule has 30 heavy (non-hydrogen) atoms. The highest BCUT2D eigenvalue weighted by Gasteiger charge is 2.55. The Labute approximate surface area is 180 Å². The van der Waals surface area contributed by atoms with Crippen LogP contribution in [0.5, 0.6) is 0 Å². The van der Waals surface area contributed by atoms with Gasteiger partial charge in [0.05, 0.1) is 0 Å². The van der Waals surface area contributed by atoms with Gasteiger partial charge in [-0.15, -0.1) is 0 Å². The zero-order valence-electron chi connectivity index (χ0n) is 20.3. The van der Waals surface area contributed by atoms with Crippen LogP contribution in [-0.2, 0) is 19.1 Å². The number of hydrogen-bond acceptors (Lipinski definition) is 8. The Hall–Kier alpha value is -1.22. The number of piperidine rings is 2. The first-order valence-corrected chi connectivity index (χ1v) is 10.6. The molecule has 2 heterocycles. The second kappa shape index (κ2) is 7.15. The van der Waals surface area contributed by atoms with E-state index in [1.54, 1.807) is 13.8 Å².